The van der Waals surface area contributed by atoms with Crippen molar-refractivity contribution in [3.05, 3.63) is 106 Å². The van der Waals surface area contributed by atoms with Crippen molar-refractivity contribution >= 4 is 46.3 Å². The first-order valence-electron chi connectivity index (χ1n) is 14.9. The number of benzene rings is 4. The topological polar surface area (TPSA) is 0 Å². The van der Waals surface area contributed by atoms with Gasteiger partial charge in [0.15, 0.2) is 0 Å². The Morgan fingerprint density at radius 1 is 0.822 bits per heavy atom. The van der Waals surface area contributed by atoms with E-state index in [9.17, 15) is 26.3 Å². The van der Waals surface area contributed by atoms with Crippen LogP contribution in [0.5, 0.6) is 0 Å². The molecule has 234 valence electrons. The molecule has 4 aromatic carbocycles. The molecule has 6 rings (SSSR count). The van der Waals surface area contributed by atoms with E-state index in [1.165, 1.54) is 15.9 Å². The summed E-state index contributed by atoms with van der Waals surface area (Å²) >= 11 is -4.43. The first-order chi connectivity index (χ1) is 21.2. The molecule has 0 saturated heterocycles. The van der Waals surface area contributed by atoms with Crippen LogP contribution in [-0.2, 0) is 36.7 Å². The van der Waals surface area contributed by atoms with Crippen molar-refractivity contribution in [3.63, 3.8) is 0 Å². The summed E-state index contributed by atoms with van der Waals surface area (Å²) in [7, 11) is 14.6. The fraction of sp³-hybridized carbons (Fsp3) is 0.257. The monoisotopic (exact) mass is 752 g/mol. The zero-order valence-electron chi connectivity index (χ0n) is 24.8. The molecule has 0 amide bonds. The summed E-state index contributed by atoms with van der Waals surface area (Å²) in [4.78, 5) is 0. The summed E-state index contributed by atoms with van der Waals surface area (Å²) in [5, 5.41) is 2.58. The number of aryl methyl sites for hydroxylation is 1. The summed E-state index contributed by atoms with van der Waals surface area (Å²) < 4.78 is 84.3. The van der Waals surface area contributed by atoms with Crippen LogP contribution in [0.2, 0.25) is 0 Å². The van der Waals surface area contributed by atoms with Gasteiger partial charge in [-0.3, -0.25) is 0 Å². The number of hydrogen-bond donors (Lipinski definition) is 0. The Hall–Kier alpha value is -2.12. The Balaban J connectivity index is 1.59. The Morgan fingerprint density at radius 2 is 1.47 bits per heavy atom. The van der Waals surface area contributed by atoms with E-state index in [2.05, 4.69) is 32.0 Å². The molecule has 0 fully saturated rings. The Bertz CT molecular complexity index is 1810. The minimum atomic E-state index is -4.95. The SMILES string of the molecule is CCc1ccc2c(c1-c1cc(C(F)(F)F)cc(C(F)(F)F)c1)C=C(C(C)CC)[CH]2[Zr]([Cl])([Cl])[c]1cccc2c1[SiH2]c1ccccc1-2. The van der Waals surface area contributed by atoms with Crippen LogP contribution in [0.15, 0.2) is 78.4 Å². The molecule has 0 radical (unpaired) electrons. The maximum atomic E-state index is 13.9. The van der Waals surface area contributed by atoms with Crippen molar-refractivity contribution in [2.45, 2.75) is 49.6 Å². The van der Waals surface area contributed by atoms with Crippen molar-refractivity contribution in [2.75, 3.05) is 0 Å². The molecule has 0 spiro atoms. The molecule has 1 aliphatic heterocycles. The second kappa shape index (κ2) is 11.8. The van der Waals surface area contributed by atoms with Crippen LogP contribution in [-0.4, -0.2) is 9.52 Å². The van der Waals surface area contributed by atoms with Gasteiger partial charge in [0.05, 0.1) is 0 Å². The zero-order chi connectivity index (χ0) is 32.5. The Kier molecular flexibility index (Phi) is 8.63. The van der Waals surface area contributed by atoms with E-state index in [0.29, 0.717) is 23.1 Å². The van der Waals surface area contributed by atoms with Gasteiger partial charge in [0.25, 0.3) is 0 Å². The molecular formula is C35H30Cl2F6SiZr. The van der Waals surface area contributed by atoms with Crippen LogP contribution in [0, 0.1) is 5.92 Å². The fourth-order valence-corrected chi connectivity index (χ4v) is 23.9. The fourth-order valence-electron chi connectivity index (χ4n) is 6.94. The number of hydrogen-bond acceptors (Lipinski definition) is 0. The standard InChI is InChI=1S/C23H21F6.C12H9Si.2ClH.Zr/c1-4-13(3)16-8-15-7-6-14(5-2)21(20(15)11-16)17-9-18(22(24,25)26)12-19(10-17)23(27,28)29;1-3-7-11-9(5-1)10-6-2-4-8-12(10)13-11;;;/h6-13H,4-5H2,1-3H3;1-7H,13H2;2*1H;/q;;;;+2/p-2. The molecular weight excluding hydrogens is 725 g/mol. The number of halogens is 8. The van der Waals surface area contributed by atoms with Gasteiger partial charge in [0.1, 0.15) is 0 Å². The van der Waals surface area contributed by atoms with E-state index in [1.807, 2.05) is 49.4 Å². The Morgan fingerprint density at radius 3 is 2.09 bits per heavy atom. The van der Waals surface area contributed by atoms with Gasteiger partial charge in [-0.05, 0) is 0 Å². The Labute approximate surface area is 272 Å². The van der Waals surface area contributed by atoms with Crippen molar-refractivity contribution in [1.82, 2.24) is 0 Å². The number of rotatable bonds is 6. The summed E-state index contributed by atoms with van der Waals surface area (Å²) in [6.45, 7) is 5.97. The van der Waals surface area contributed by atoms with Crippen LogP contribution in [0.25, 0.3) is 28.3 Å². The molecule has 4 aromatic rings. The summed E-state index contributed by atoms with van der Waals surface area (Å²) in [5.41, 5.74) is 3.05. The van der Waals surface area contributed by atoms with Crippen LogP contribution < -0.4 is 13.6 Å². The molecule has 2 unspecified atom stereocenters. The molecule has 10 heteroatoms. The molecule has 1 heterocycles. The third kappa shape index (κ3) is 5.72. The van der Waals surface area contributed by atoms with Crippen LogP contribution in [0.4, 0.5) is 26.3 Å². The molecule has 0 nitrogen and oxygen atoms in total. The molecule has 0 aromatic heterocycles. The van der Waals surface area contributed by atoms with E-state index in [4.69, 9.17) is 17.0 Å². The second-order valence-corrected chi connectivity index (χ2v) is 27.8. The van der Waals surface area contributed by atoms with Crippen LogP contribution in [0.3, 0.4) is 0 Å². The number of fused-ring (bicyclic) bond motifs is 4. The molecule has 0 saturated carbocycles. The van der Waals surface area contributed by atoms with E-state index >= 15 is 0 Å². The van der Waals surface area contributed by atoms with Gasteiger partial charge in [-0.15, -0.1) is 0 Å². The summed E-state index contributed by atoms with van der Waals surface area (Å²) in [5.74, 6) is 0.0485. The molecule has 45 heavy (non-hydrogen) atoms. The average molecular weight is 755 g/mol. The van der Waals surface area contributed by atoms with Crippen LogP contribution in [0.1, 0.15) is 58.6 Å². The predicted molar refractivity (Wildman–Crippen MR) is 172 cm³/mol. The van der Waals surface area contributed by atoms with Crippen LogP contribution >= 0.6 is 17.0 Å². The van der Waals surface area contributed by atoms with Crippen molar-refractivity contribution in [2.24, 2.45) is 5.92 Å². The van der Waals surface area contributed by atoms with E-state index in [-0.39, 0.29) is 21.2 Å². The molecule has 2 aliphatic rings. The number of allylic oxidation sites excluding steroid dienone is 1. The molecule has 2 atom stereocenters. The quantitative estimate of drug-likeness (QED) is 0.120. The maximum absolute atomic E-state index is 13.9. The third-order valence-electron chi connectivity index (χ3n) is 9.33. The predicted octanol–water partition coefficient (Wildman–Crippen LogP) is 9.32. The van der Waals surface area contributed by atoms with Crippen molar-refractivity contribution < 1.29 is 44.2 Å². The minimum absolute atomic E-state index is 0.0485. The van der Waals surface area contributed by atoms with Crippen molar-refractivity contribution in [1.29, 1.82) is 0 Å². The van der Waals surface area contributed by atoms with Gasteiger partial charge in [0.2, 0.25) is 0 Å². The van der Waals surface area contributed by atoms with E-state index in [0.717, 1.165) is 38.5 Å². The van der Waals surface area contributed by atoms with Gasteiger partial charge in [-0.25, -0.2) is 0 Å². The zero-order valence-corrected chi connectivity index (χ0v) is 30.2. The first kappa shape index (κ1) is 32.8. The summed E-state index contributed by atoms with van der Waals surface area (Å²) in [6, 6.07) is 20.1. The van der Waals surface area contributed by atoms with Crippen molar-refractivity contribution in [3.8, 4) is 22.3 Å². The van der Waals surface area contributed by atoms with Gasteiger partial charge >= 0.3 is 274 Å². The van der Waals surface area contributed by atoms with E-state index < -0.39 is 50.9 Å². The first-order valence-corrected chi connectivity index (χ1v) is 25.3. The number of alkyl halides is 6. The van der Waals surface area contributed by atoms with Gasteiger partial charge in [-0.2, -0.15) is 0 Å². The summed E-state index contributed by atoms with van der Waals surface area (Å²) in [6.07, 6.45) is -6.75. The molecule has 1 aliphatic carbocycles. The van der Waals surface area contributed by atoms with E-state index in [1.54, 1.807) is 0 Å². The van der Waals surface area contributed by atoms with Gasteiger partial charge in [0, 0.05) is 0 Å². The second-order valence-electron chi connectivity index (χ2n) is 11.9. The average Bonchev–Trinajstić information content (AvgIpc) is 3.58. The molecule has 0 N–H and O–H groups in total. The van der Waals surface area contributed by atoms with Gasteiger partial charge < -0.3 is 0 Å². The molecule has 0 bridgehead atoms. The third-order valence-corrected chi connectivity index (χ3v) is 23.6. The normalized spacial score (nSPS) is 17.2. The van der Waals surface area contributed by atoms with Gasteiger partial charge in [-0.1, -0.05) is 0 Å².